The van der Waals surface area contributed by atoms with Crippen LogP contribution in [0.15, 0.2) is 22.7 Å². The molecule has 1 heterocycles. The molecule has 1 N–H and O–H groups in total. The fourth-order valence-corrected chi connectivity index (χ4v) is 3.19. The molecule has 1 aliphatic rings. The predicted molar refractivity (Wildman–Crippen MR) is 79.0 cm³/mol. The third kappa shape index (κ3) is 2.87. The number of aliphatic hydroxyl groups is 1. The molecule has 1 atom stereocenters. The van der Waals surface area contributed by atoms with Crippen molar-refractivity contribution in [3.8, 4) is 0 Å². The summed E-state index contributed by atoms with van der Waals surface area (Å²) in [6.07, 6.45) is 1.18. The molecule has 1 unspecified atom stereocenters. The van der Waals surface area contributed by atoms with Gasteiger partial charge in [0.1, 0.15) is 0 Å². The minimum atomic E-state index is 0.0964. The van der Waals surface area contributed by atoms with Crippen molar-refractivity contribution in [3.05, 3.63) is 28.2 Å². The molecule has 0 aromatic heterocycles. The smallest absolute Gasteiger partial charge is 0.0682 e. The molecule has 100 valence electrons. The molecule has 4 heteroatoms. The van der Waals surface area contributed by atoms with E-state index in [2.05, 4.69) is 45.8 Å². The van der Waals surface area contributed by atoms with E-state index in [1.165, 1.54) is 12.1 Å². The molecule has 0 aliphatic carbocycles. The minimum absolute atomic E-state index is 0.0964. The Morgan fingerprint density at radius 3 is 2.78 bits per heavy atom. The quantitative estimate of drug-likeness (QED) is 0.929. The van der Waals surface area contributed by atoms with E-state index in [1.54, 1.807) is 0 Å². The third-order valence-electron chi connectivity index (χ3n) is 3.78. The molecule has 1 aromatic carbocycles. The SMILES string of the molecule is CCC1CN(c2ccc(CO)cc2Br)CCN1C. The van der Waals surface area contributed by atoms with Crippen molar-refractivity contribution >= 4 is 21.6 Å². The van der Waals surface area contributed by atoms with Gasteiger partial charge in [0.2, 0.25) is 0 Å². The van der Waals surface area contributed by atoms with E-state index in [9.17, 15) is 0 Å². The first kappa shape index (κ1) is 13.8. The Hall–Kier alpha value is -0.580. The van der Waals surface area contributed by atoms with Crippen LogP contribution in [-0.2, 0) is 6.61 Å². The lowest BCUT2D eigenvalue weighted by molar-refractivity contribution is 0.213. The highest BCUT2D eigenvalue weighted by Crippen LogP contribution is 2.29. The van der Waals surface area contributed by atoms with Gasteiger partial charge in [0.15, 0.2) is 0 Å². The molecule has 3 nitrogen and oxygen atoms in total. The van der Waals surface area contributed by atoms with Gasteiger partial charge in [-0.05, 0) is 47.1 Å². The molecule has 1 aliphatic heterocycles. The van der Waals surface area contributed by atoms with E-state index in [0.717, 1.165) is 29.7 Å². The lowest BCUT2D eigenvalue weighted by Gasteiger charge is -2.40. The van der Waals surface area contributed by atoms with E-state index >= 15 is 0 Å². The summed E-state index contributed by atoms with van der Waals surface area (Å²) in [5.74, 6) is 0. The first-order valence-corrected chi connectivity index (χ1v) is 7.29. The van der Waals surface area contributed by atoms with E-state index in [0.29, 0.717) is 6.04 Å². The van der Waals surface area contributed by atoms with Crippen LogP contribution in [0.5, 0.6) is 0 Å². The zero-order valence-corrected chi connectivity index (χ0v) is 12.7. The molecular formula is C14H21BrN2O. The normalized spacial score (nSPS) is 21.3. The summed E-state index contributed by atoms with van der Waals surface area (Å²) in [4.78, 5) is 4.87. The monoisotopic (exact) mass is 312 g/mol. The first-order chi connectivity index (χ1) is 8.65. The van der Waals surface area contributed by atoms with Crippen LogP contribution in [0.1, 0.15) is 18.9 Å². The zero-order chi connectivity index (χ0) is 13.1. The van der Waals surface area contributed by atoms with Gasteiger partial charge in [-0.2, -0.15) is 0 Å². The van der Waals surface area contributed by atoms with Crippen LogP contribution < -0.4 is 4.90 Å². The van der Waals surface area contributed by atoms with E-state index in [-0.39, 0.29) is 6.61 Å². The van der Waals surface area contributed by atoms with Gasteiger partial charge in [-0.3, -0.25) is 4.90 Å². The maximum absolute atomic E-state index is 9.14. The van der Waals surface area contributed by atoms with Gasteiger partial charge in [0, 0.05) is 30.1 Å². The number of aliphatic hydroxyl groups excluding tert-OH is 1. The van der Waals surface area contributed by atoms with Crippen molar-refractivity contribution in [2.24, 2.45) is 0 Å². The Labute approximate surface area is 118 Å². The van der Waals surface area contributed by atoms with Crippen molar-refractivity contribution < 1.29 is 5.11 Å². The second kappa shape index (κ2) is 6.04. The van der Waals surface area contributed by atoms with Crippen molar-refractivity contribution in [2.45, 2.75) is 26.0 Å². The minimum Gasteiger partial charge on any atom is -0.392 e. The second-order valence-corrected chi connectivity index (χ2v) is 5.79. The Morgan fingerprint density at radius 1 is 1.39 bits per heavy atom. The Balaban J connectivity index is 2.16. The lowest BCUT2D eigenvalue weighted by atomic mass is 10.1. The van der Waals surface area contributed by atoms with Gasteiger partial charge < -0.3 is 10.0 Å². The van der Waals surface area contributed by atoms with E-state index in [4.69, 9.17) is 5.11 Å². The number of rotatable bonds is 3. The summed E-state index contributed by atoms with van der Waals surface area (Å²) in [5, 5.41) is 9.14. The highest BCUT2D eigenvalue weighted by molar-refractivity contribution is 9.10. The first-order valence-electron chi connectivity index (χ1n) is 6.50. The number of benzene rings is 1. The fourth-order valence-electron chi connectivity index (χ4n) is 2.51. The van der Waals surface area contributed by atoms with Crippen molar-refractivity contribution in [3.63, 3.8) is 0 Å². The molecular weight excluding hydrogens is 292 g/mol. The number of anilines is 1. The standard InChI is InChI=1S/C14H21BrN2O/c1-3-12-9-17(7-6-16(12)2)14-5-4-11(10-18)8-13(14)15/h4-5,8,12,18H,3,6-7,9-10H2,1-2H3. The molecule has 1 aromatic rings. The summed E-state index contributed by atoms with van der Waals surface area (Å²) in [6.45, 7) is 5.58. The summed E-state index contributed by atoms with van der Waals surface area (Å²) < 4.78 is 1.08. The maximum Gasteiger partial charge on any atom is 0.0682 e. The number of nitrogens with zero attached hydrogens (tertiary/aromatic N) is 2. The summed E-state index contributed by atoms with van der Waals surface area (Å²) >= 11 is 3.61. The van der Waals surface area contributed by atoms with Crippen LogP contribution in [0.3, 0.4) is 0 Å². The predicted octanol–water partition coefficient (Wildman–Crippen LogP) is 2.47. The number of likely N-dealkylation sites (N-methyl/N-ethyl adjacent to an activating group) is 1. The van der Waals surface area contributed by atoms with E-state index in [1.807, 2.05) is 12.1 Å². The zero-order valence-electron chi connectivity index (χ0n) is 11.1. The number of piperazine rings is 1. The molecule has 18 heavy (non-hydrogen) atoms. The number of hydrogen-bond acceptors (Lipinski definition) is 3. The topological polar surface area (TPSA) is 26.7 Å². The summed E-state index contributed by atoms with van der Waals surface area (Å²) in [6, 6.07) is 6.74. The second-order valence-electron chi connectivity index (χ2n) is 4.93. The average Bonchev–Trinajstić information content (AvgIpc) is 2.39. The van der Waals surface area contributed by atoms with Gasteiger partial charge in [-0.15, -0.1) is 0 Å². The highest BCUT2D eigenvalue weighted by Gasteiger charge is 2.23. The van der Waals surface area contributed by atoms with Crippen molar-refractivity contribution in [1.29, 1.82) is 0 Å². The van der Waals surface area contributed by atoms with Gasteiger partial charge in [0.05, 0.1) is 12.3 Å². The summed E-state index contributed by atoms with van der Waals surface area (Å²) in [7, 11) is 2.20. The molecule has 1 saturated heterocycles. The Kier molecular flexibility index (Phi) is 4.65. The third-order valence-corrected chi connectivity index (χ3v) is 4.42. The largest absolute Gasteiger partial charge is 0.392 e. The molecule has 0 bridgehead atoms. The Bertz CT molecular complexity index is 411. The molecule has 1 fully saturated rings. The number of hydrogen-bond donors (Lipinski definition) is 1. The van der Waals surface area contributed by atoms with Gasteiger partial charge >= 0.3 is 0 Å². The van der Waals surface area contributed by atoms with Crippen LogP contribution in [0.25, 0.3) is 0 Å². The van der Waals surface area contributed by atoms with Crippen LogP contribution in [-0.4, -0.2) is 42.7 Å². The molecule has 0 saturated carbocycles. The van der Waals surface area contributed by atoms with Crippen LogP contribution >= 0.6 is 15.9 Å². The molecule has 0 spiro atoms. The van der Waals surface area contributed by atoms with E-state index < -0.39 is 0 Å². The van der Waals surface area contributed by atoms with Crippen LogP contribution in [0.4, 0.5) is 5.69 Å². The number of halogens is 1. The van der Waals surface area contributed by atoms with Crippen molar-refractivity contribution in [2.75, 3.05) is 31.6 Å². The fraction of sp³-hybridized carbons (Fsp3) is 0.571. The van der Waals surface area contributed by atoms with Crippen LogP contribution in [0, 0.1) is 0 Å². The summed E-state index contributed by atoms with van der Waals surface area (Å²) in [5.41, 5.74) is 2.19. The molecule has 0 amide bonds. The molecule has 2 rings (SSSR count). The van der Waals surface area contributed by atoms with Crippen molar-refractivity contribution in [1.82, 2.24) is 4.90 Å². The van der Waals surface area contributed by atoms with Crippen LogP contribution in [0.2, 0.25) is 0 Å². The average molecular weight is 313 g/mol. The Morgan fingerprint density at radius 2 is 2.17 bits per heavy atom. The molecule has 0 radical (unpaired) electrons. The maximum atomic E-state index is 9.14. The highest BCUT2D eigenvalue weighted by atomic mass is 79.9. The van der Waals surface area contributed by atoms with Gasteiger partial charge in [-0.25, -0.2) is 0 Å². The van der Waals surface area contributed by atoms with Gasteiger partial charge in [0.25, 0.3) is 0 Å². The lowest BCUT2D eigenvalue weighted by Crippen LogP contribution is -2.51. The van der Waals surface area contributed by atoms with Gasteiger partial charge in [-0.1, -0.05) is 13.0 Å².